The zero-order valence-corrected chi connectivity index (χ0v) is 12.2. The van der Waals surface area contributed by atoms with Gasteiger partial charge in [0.05, 0.1) is 5.69 Å². The van der Waals surface area contributed by atoms with Gasteiger partial charge in [0.2, 0.25) is 0 Å². The average Bonchev–Trinajstić information content (AvgIpc) is 3.01. The molecule has 1 aromatic carbocycles. The molecule has 4 rings (SSSR count). The van der Waals surface area contributed by atoms with Crippen LogP contribution in [0.3, 0.4) is 0 Å². The highest BCUT2D eigenvalue weighted by atomic mass is 16.3. The fourth-order valence-electron chi connectivity index (χ4n) is 2.99. The van der Waals surface area contributed by atoms with Gasteiger partial charge in [-0.15, -0.1) is 0 Å². The van der Waals surface area contributed by atoms with Crippen LogP contribution in [-0.4, -0.2) is 9.51 Å². The summed E-state index contributed by atoms with van der Waals surface area (Å²) in [4.78, 5) is 0. The summed E-state index contributed by atoms with van der Waals surface area (Å²) in [6.07, 6.45) is 11.2. The number of allylic oxidation sites excluding steroid dienone is 4. The number of hydrogen-bond acceptors (Lipinski definition) is 1. The van der Waals surface area contributed by atoms with Crippen LogP contribution in [-0.2, 0) is 0 Å². The number of rotatable bonds is 2. The number of pyridine rings is 1. The third kappa shape index (κ3) is 2.23. The zero-order chi connectivity index (χ0) is 14.9. The maximum absolute atomic E-state index is 9.47. The second kappa shape index (κ2) is 5.23. The van der Waals surface area contributed by atoms with E-state index in [-0.39, 0.29) is 0 Å². The number of phenols is 1. The van der Waals surface area contributed by atoms with Crippen molar-refractivity contribution in [3.05, 3.63) is 78.5 Å². The second-order valence-electron chi connectivity index (χ2n) is 5.62. The summed E-state index contributed by atoms with van der Waals surface area (Å²) in [7, 11) is 0. The Labute approximate surface area is 129 Å². The number of phenolic OH excluding ortho intramolecular Hbond substituents is 1. The first-order chi connectivity index (χ1) is 10.8. The van der Waals surface area contributed by atoms with Gasteiger partial charge in [0, 0.05) is 17.3 Å². The Morgan fingerprint density at radius 2 is 1.77 bits per heavy atom. The lowest BCUT2D eigenvalue weighted by atomic mass is 10.0. The molecule has 108 valence electrons. The molecule has 3 aromatic rings. The van der Waals surface area contributed by atoms with Crippen LogP contribution in [0.25, 0.3) is 22.3 Å². The topological polar surface area (TPSA) is 24.6 Å². The Hall–Kier alpha value is -2.74. The van der Waals surface area contributed by atoms with Crippen molar-refractivity contribution in [2.45, 2.75) is 12.8 Å². The van der Waals surface area contributed by atoms with Gasteiger partial charge in [-0.05, 0) is 66.4 Å². The molecule has 0 aliphatic heterocycles. The summed E-state index contributed by atoms with van der Waals surface area (Å²) in [6, 6.07) is 15.9. The van der Waals surface area contributed by atoms with Crippen molar-refractivity contribution in [3.8, 4) is 17.0 Å². The number of fused-ring (bicyclic) bond motifs is 1. The molecule has 1 aliphatic carbocycles. The summed E-state index contributed by atoms with van der Waals surface area (Å²) < 4.78 is 2.21. The number of benzene rings is 1. The quantitative estimate of drug-likeness (QED) is 0.701. The highest BCUT2D eigenvalue weighted by Gasteiger charge is 2.08. The van der Waals surface area contributed by atoms with E-state index in [1.807, 2.05) is 12.1 Å². The molecule has 0 saturated heterocycles. The lowest BCUT2D eigenvalue weighted by molar-refractivity contribution is 0.475. The molecule has 0 saturated carbocycles. The van der Waals surface area contributed by atoms with Crippen molar-refractivity contribution >= 4 is 11.1 Å². The van der Waals surface area contributed by atoms with Crippen LogP contribution in [0.2, 0.25) is 0 Å². The van der Waals surface area contributed by atoms with Crippen LogP contribution in [0.4, 0.5) is 0 Å². The van der Waals surface area contributed by atoms with E-state index in [1.165, 1.54) is 16.7 Å². The summed E-state index contributed by atoms with van der Waals surface area (Å²) in [5, 5.41) is 9.47. The largest absolute Gasteiger partial charge is 0.508 e. The third-order valence-corrected chi connectivity index (χ3v) is 4.12. The van der Waals surface area contributed by atoms with Crippen molar-refractivity contribution < 1.29 is 5.11 Å². The van der Waals surface area contributed by atoms with Crippen LogP contribution >= 0.6 is 0 Å². The molecule has 2 nitrogen and oxygen atoms in total. The highest BCUT2D eigenvalue weighted by molar-refractivity contribution is 5.79. The van der Waals surface area contributed by atoms with E-state index in [0.717, 1.165) is 24.1 Å². The van der Waals surface area contributed by atoms with Crippen molar-refractivity contribution in [2.75, 3.05) is 0 Å². The molecule has 0 unspecified atom stereocenters. The Bertz CT molecular complexity index is 882. The summed E-state index contributed by atoms with van der Waals surface area (Å²) >= 11 is 0. The van der Waals surface area contributed by atoms with Gasteiger partial charge in [0.15, 0.2) is 0 Å². The van der Waals surface area contributed by atoms with Gasteiger partial charge in [-0.3, -0.25) is 0 Å². The minimum absolute atomic E-state index is 0.293. The molecule has 0 spiro atoms. The number of hydrogen-bond donors (Lipinski definition) is 1. The molecule has 0 bridgehead atoms. The SMILES string of the molecule is Oc1ccc(-c2cccc3cc(C4=CCCC=C4)cn23)cc1. The smallest absolute Gasteiger partial charge is 0.115 e. The van der Waals surface area contributed by atoms with E-state index in [2.05, 4.69) is 53.1 Å². The Morgan fingerprint density at radius 3 is 2.55 bits per heavy atom. The first-order valence-corrected chi connectivity index (χ1v) is 7.59. The van der Waals surface area contributed by atoms with Crippen LogP contribution in [0.15, 0.2) is 73.0 Å². The lowest BCUT2D eigenvalue weighted by Gasteiger charge is -2.06. The fourth-order valence-corrected chi connectivity index (χ4v) is 2.99. The van der Waals surface area contributed by atoms with E-state index in [1.54, 1.807) is 12.1 Å². The average molecular weight is 287 g/mol. The monoisotopic (exact) mass is 287 g/mol. The molecule has 0 amide bonds. The molecule has 1 aliphatic rings. The lowest BCUT2D eigenvalue weighted by Crippen LogP contribution is -1.89. The first kappa shape index (κ1) is 13.0. The molecule has 2 heterocycles. The number of aromatic hydroxyl groups is 1. The van der Waals surface area contributed by atoms with Crippen molar-refractivity contribution in [3.63, 3.8) is 0 Å². The van der Waals surface area contributed by atoms with Crippen LogP contribution in [0.5, 0.6) is 5.75 Å². The zero-order valence-electron chi connectivity index (χ0n) is 12.2. The van der Waals surface area contributed by atoms with Gasteiger partial charge in [0.25, 0.3) is 0 Å². The predicted molar refractivity (Wildman–Crippen MR) is 90.8 cm³/mol. The summed E-state index contributed by atoms with van der Waals surface area (Å²) in [6.45, 7) is 0. The van der Waals surface area contributed by atoms with Gasteiger partial charge in [-0.25, -0.2) is 0 Å². The highest BCUT2D eigenvalue weighted by Crippen LogP contribution is 2.28. The second-order valence-corrected chi connectivity index (χ2v) is 5.62. The maximum atomic E-state index is 9.47. The Balaban J connectivity index is 1.86. The third-order valence-electron chi connectivity index (χ3n) is 4.12. The molecular weight excluding hydrogens is 270 g/mol. The molecule has 0 fully saturated rings. The van der Waals surface area contributed by atoms with E-state index in [0.29, 0.717) is 5.75 Å². The summed E-state index contributed by atoms with van der Waals surface area (Å²) in [5.74, 6) is 0.293. The molecule has 22 heavy (non-hydrogen) atoms. The molecule has 2 heteroatoms. The normalized spacial score (nSPS) is 14.3. The Morgan fingerprint density at radius 1 is 0.909 bits per heavy atom. The first-order valence-electron chi connectivity index (χ1n) is 7.59. The van der Waals surface area contributed by atoms with Gasteiger partial charge in [-0.1, -0.05) is 24.3 Å². The Kier molecular flexibility index (Phi) is 3.08. The van der Waals surface area contributed by atoms with E-state index in [4.69, 9.17) is 0 Å². The van der Waals surface area contributed by atoms with Crippen molar-refractivity contribution in [1.82, 2.24) is 4.40 Å². The van der Waals surface area contributed by atoms with E-state index in [9.17, 15) is 5.11 Å². The molecule has 2 aromatic heterocycles. The van der Waals surface area contributed by atoms with Gasteiger partial charge in [0.1, 0.15) is 5.75 Å². The fraction of sp³-hybridized carbons (Fsp3) is 0.100. The van der Waals surface area contributed by atoms with Gasteiger partial charge >= 0.3 is 0 Å². The summed E-state index contributed by atoms with van der Waals surface area (Å²) in [5.41, 5.74) is 5.96. The van der Waals surface area contributed by atoms with Crippen molar-refractivity contribution in [1.29, 1.82) is 0 Å². The molecule has 0 radical (unpaired) electrons. The van der Waals surface area contributed by atoms with Crippen LogP contribution < -0.4 is 0 Å². The van der Waals surface area contributed by atoms with E-state index < -0.39 is 0 Å². The number of nitrogens with zero attached hydrogens (tertiary/aromatic N) is 1. The predicted octanol–water partition coefficient (Wildman–Crippen LogP) is 5.05. The molecule has 0 atom stereocenters. The van der Waals surface area contributed by atoms with Crippen molar-refractivity contribution in [2.24, 2.45) is 0 Å². The molecule has 1 N–H and O–H groups in total. The van der Waals surface area contributed by atoms with Gasteiger partial charge < -0.3 is 9.51 Å². The number of aromatic nitrogens is 1. The minimum atomic E-state index is 0.293. The van der Waals surface area contributed by atoms with Crippen LogP contribution in [0, 0.1) is 0 Å². The minimum Gasteiger partial charge on any atom is -0.508 e. The van der Waals surface area contributed by atoms with Gasteiger partial charge in [-0.2, -0.15) is 0 Å². The van der Waals surface area contributed by atoms with E-state index >= 15 is 0 Å². The maximum Gasteiger partial charge on any atom is 0.115 e. The standard InChI is InChI=1S/C20H17NO/c22-19-11-9-16(10-12-19)20-8-4-7-18-13-17(14-21(18)20)15-5-2-1-3-6-15/h2,4-14,22H,1,3H2. The van der Waals surface area contributed by atoms with Crippen LogP contribution in [0.1, 0.15) is 18.4 Å². The molecular formula is C20H17NO.